The van der Waals surface area contributed by atoms with Crippen molar-refractivity contribution in [1.29, 1.82) is 5.41 Å². The quantitative estimate of drug-likeness (QED) is 0.307. The molecule has 0 fully saturated rings. The fraction of sp³-hybridized carbons (Fsp3) is 0.0625. The maximum atomic E-state index is 13.8. The minimum Gasteiger partial charge on any atom is -0.451 e. The number of nitrogen functional groups attached to an aromatic ring is 2. The summed E-state index contributed by atoms with van der Waals surface area (Å²) < 4.78 is 24.6. The summed E-state index contributed by atoms with van der Waals surface area (Å²) in [6.45, 7) is -0.0841. The van der Waals surface area contributed by atoms with E-state index in [0.717, 1.165) is 12.3 Å². The normalized spacial score (nSPS) is 12.5. The van der Waals surface area contributed by atoms with Crippen LogP contribution in [0.4, 0.5) is 15.8 Å². The lowest BCUT2D eigenvalue weighted by molar-refractivity contribution is 0.172. The minimum atomic E-state index is -0.690. The highest BCUT2D eigenvalue weighted by Gasteiger charge is 2.27. The van der Waals surface area contributed by atoms with Gasteiger partial charge in [0.1, 0.15) is 11.5 Å². The van der Waals surface area contributed by atoms with E-state index < -0.39 is 11.4 Å². The number of hydrogen-bond donors (Lipinski definition) is 4. The van der Waals surface area contributed by atoms with Crippen LogP contribution in [0.15, 0.2) is 16.9 Å². The zero-order chi connectivity index (χ0) is 18.6. The molecule has 0 unspecified atom stereocenters. The lowest BCUT2D eigenvalue weighted by Gasteiger charge is -2.15. The summed E-state index contributed by atoms with van der Waals surface area (Å²) in [5.74, 6) is -0.313. The molecule has 0 radical (unpaired) electrons. The number of pyridine rings is 2. The van der Waals surface area contributed by atoms with Crippen LogP contribution in [0.2, 0.25) is 5.15 Å². The molecular formula is C16H11ClFN5O3. The average molecular weight is 376 g/mol. The zero-order valence-electron chi connectivity index (χ0n) is 13.0. The Bertz CT molecular complexity index is 1160. The molecule has 0 saturated carbocycles. The molecule has 0 amide bonds. The molecular weight excluding hydrogens is 365 g/mol. The van der Waals surface area contributed by atoms with Crippen molar-refractivity contribution in [3.8, 4) is 22.8 Å². The van der Waals surface area contributed by atoms with E-state index >= 15 is 0 Å². The molecule has 6 N–H and O–H groups in total. The van der Waals surface area contributed by atoms with Gasteiger partial charge < -0.3 is 31.3 Å². The predicted molar refractivity (Wildman–Crippen MR) is 95.6 cm³/mol. The van der Waals surface area contributed by atoms with Gasteiger partial charge in [-0.3, -0.25) is 4.79 Å². The number of nitrogens with one attached hydrogen (secondary N) is 2. The number of ether oxygens (including phenoxy) is 2. The molecule has 1 aromatic carbocycles. The predicted octanol–water partition coefficient (Wildman–Crippen LogP) is 2.27. The van der Waals surface area contributed by atoms with Crippen LogP contribution < -0.4 is 26.5 Å². The summed E-state index contributed by atoms with van der Waals surface area (Å²) in [4.78, 5) is 18.9. The Morgan fingerprint density at radius 2 is 2.08 bits per heavy atom. The summed E-state index contributed by atoms with van der Waals surface area (Å²) >= 11 is 6.17. The molecule has 132 valence electrons. The van der Waals surface area contributed by atoms with Crippen molar-refractivity contribution in [2.45, 2.75) is 0 Å². The number of halogens is 2. The number of H-pyrrole nitrogens is 1. The van der Waals surface area contributed by atoms with Gasteiger partial charge in [-0.15, -0.1) is 0 Å². The summed E-state index contributed by atoms with van der Waals surface area (Å²) in [5, 5.41) is 7.92. The molecule has 2 aromatic heterocycles. The third-order valence-corrected chi connectivity index (χ3v) is 4.40. The zero-order valence-corrected chi connectivity index (χ0v) is 13.8. The second-order valence-electron chi connectivity index (χ2n) is 5.50. The molecule has 1 aliphatic rings. The minimum absolute atomic E-state index is 0.0194. The van der Waals surface area contributed by atoms with Crippen molar-refractivity contribution in [3.63, 3.8) is 0 Å². The maximum Gasteiger partial charge on any atom is 0.272 e. The van der Waals surface area contributed by atoms with Crippen LogP contribution in [0.5, 0.6) is 11.6 Å². The molecule has 0 atom stereocenters. The van der Waals surface area contributed by atoms with Gasteiger partial charge in [-0.1, -0.05) is 17.7 Å². The molecule has 0 spiro atoms. The number of aromatic nitrogens is 2. The molecule has 0 saturated heterocycles. The van der Waals surface area contributed by atoms with Gasteiger partial charge in [0.05, 0.1) is 16.6 Å². The topological polar surface area (TPSA) is 140 Å². The first-order valence-electron chi connectivity index (χ1n) is 7.33. The van der Waals surface area contributed by atoms with Crippen molar-refractivity contribution >= 4 is 40.1 Å². The molecule has 3 aromatic rings. The fourth-order valence-electron chi connectivity index (χ4n) is 2.94. The average Bonchev–Trinajstić information content (AvgIpc) is 3.07. The lowest BCUT2D eigenvalue weighted by atomic mass is 9.94. The van der Waals surface area contributed by atoms with E-state index in [1.807, 2.05) is 0 Å². The molecule has 8 nitrogen and oxygen atoms in total. The van der Waals surface area contributed by atoms with Crippen molar-refractivity contribution in [1.82, 2.24) is 9.97 Å². The van der Waals surface area contributed by atoms with Crippen molar-refractivity contribution in [2.75, 3.05) is 18.3 Å². The lowest BCUT2D eigenvalue weighted by Crippen LogP contribution is -2.15. The number of hydrogen-bond acceptors (Lipinski definition) is 7. The molecule has 10 heteroatoms. The van der Waals surface area contributed by atoms with Crippen LogP contribution in [0.3, 0.4) is 0 Å². The third-order valence-electron chi connectivity index (χ3n) is 4.13. The summed E-state index contributed by atoms with van der Waals surface area (Å²) in [6, 6.07) is 2.51. The van der Waals surface area contributed by atoms with Gasteiger partial charge in [0, 0.05) is 17.3 Å². The number of anilines is 2. The molecule has 1 aliphatic heterocycles. The largest absolute Gasteiger partial charge is 0.451 e. The van der Waals surface area contributed by atoms with Gasteiger partial charge in [-0.25, -0.2) is 4.39 Å². The van der Waals surface area contributed by atoms with E-state index in [2.05, 4.69) is 9.97 Å². The van der Waals surface area contributed by atoms with Gasteiger partial charge in [-0.05, 0) is 11.6 Å². The Morgan fingerprint density at radius 3 is 2.81 bits per heavy atom. The summed E-state index contributed by atoms with van der Waals surface area (Å²) in [7, 11) is 0. The number of nitrogens with two attached hydrogens (primary N) is 2. The summed E-state index contributed by atoms with van der Waals surface area (Å²) in [6.07, 6.45) is 0.889. The highest BCUT2D eigenvalue weighted by molar-refractivity contribution is 6.35. The highest BCUT2D eigenvalue weighted by atomic mass is 35.5. The second kappa shape index (κ2) is 5.60. The summed E-state index contributed by atoms with van der Waals surface area (Å²) in [5.41, 5.74) is 11.5. The molecule has 3 heterocycles. The Balaban J connectivity index is 2.25. The van der Waals surface area contributed by atoms with Gasteiger partial charge in [0.25, 0.3) is 11.4 Å². The SMILES string of the molecule is N=Cc1c(-c2c(N)c(=O)[nH]c3c(Cl)nc4c(c23)OCO4)ccc(F)c1N. The molecule has 0 aliphatic carbocycles. The van der Waals surface area contributed by atoms with Crippen LogP contribution in [0, 0.1) is 11.2 Å². The third kappa shape index (κ3) is 2.10. The van der Waals surface area contributed by atoms with E-state index in [1.165, 1.54) is 6.07 Å². The molecule has 26 heavy (non-hydrogen) atoms. The number of fused-ring (bicyclic) bond motifs is 3. The van der Waals surface area contributed by atoms with Gasteiger partial charge in [-0.2, -0.15) is 4.98 Å². The van der Waals surface area contributed by atoms with Crippen LogP contribution in [0.25, 0.3) is 22.0 Å². The van der Waals surface area contributed by atoms with E-state index in [1.54, 1.807) is 0 Å². The Labute approximate surface area is 150 Å². The van der Waals surface area contributed by atoms with E-state index in [9.17, 15) is 9.18 Å². The van der Waals surface area contributed by atoms with E-state index in [0.29, 0.717) is 5.39 Å². The van der Waals surface area contributed by atoms with Crippen molar-refractivity contribution in [3.05, 3.63) is 39.0 Å². The van der Waals surface area contributed by atoms with E-state index in [4.69, 9.17) is 38.0 Å². The van der Waals surface area contributed by atoms with Crippen LogP contribution in [0.1, 0.15) is 5.56 Å². The fourth-order valence-corrected chi connectivity index (χ4v) is 3.16. The first-order valence-corrected chi connectivity index (χ1v) is 7.71. The Morgan fingerprint density at radius 1 is 1.31 bits per heavy atom. The van der Waals surface area contributed by atoms with Gasteiger partial charge in [0.2, 0.25) is 6.79 Å². The number of benzene rings is 1. The smallest absolute Gasteiger partial charge is 0.272 e. The number of rotatable bonds is 2. The van der Waals surface area contributed by atoms with Crippen LogP contribution in [-0.4, -0.2) is 23.0 Å². The Kier molecular flexibility index (Phi) is 3.48. The number of aromatic amines is 1. The van der Waals surface area contributed by atoms with Gasteiger partial charge >= 0.3 is 0 Å². The standard InChI is InChI=1S/C16H11ClFN5O3/c17-14-12-9(13-16(23-14)26-4-25-13)8(11(21)15(24)22-12)5-1-2-7(18)10(20)6(5)3-19/h1-3,19H,4,20-21H2,(H,22,24). The van der Waals surface area contributed by atoms with E-state index in [-0.39, 0.29) is 57.2 Å². The Hall–Kier alpha value is -3.33. The molecule has 4 rings (SSSR count). The van der Waals surface area contributed by atoms with Crippen LogP contribution >= 0.6 is 11.6 Å². The maximum absolute atomic E-state index is 13.8. The highest BCUT2D eigenvalue weighted by Crippen LogP contribution is 2.46. The van der Waals surface area contributed by atoms with Crippen LogP contribution in [-0.2, 0) is 0 Å². The number of nitrogens with zero attached hydrogens (tertiary/aromatic N) is 1. The second-order valence-corrected chi connectivity index (χ2v) is 5.86. The monoisotopic (exact) mass is 375 g/mol. The first-order chi connectivity index (χ1) is 12.4. The first kappa shape index (κ1) is 16.2. The van der Waals surface area contributed by atoms with Crippen molar-refractivity contribution < 1.29 is 13.9 Å². The molecule has 0 bridgehead atoms. The van der Waals surface area contributed by atoms with Gasteiger partial charge in [0.15, 0.2) is 10.9 Å². The van der Waals surface area contributed by atoms with Crippen molar-refractivity contribution in [2.24, 2.45) is 0 Å².